The predicted molar refractivity (Wildman–Crippen MR) is 137 cm³/mol. The minimum absolute atomic E-state index is 0.0265. The summed E-state index contributed by atoms with van der Waals surface area (Å²) in [5, 5.41) is 20.9. The van der Waals surface area contributed by atoms with Gasteiger partial charge in [-0.2, -0.15) is 4.98 Å². The van der Waals surface area contributed by atoms with E-state index in [2.05, 4.69) is 30.7 Å². The number of anilines is 2. The molecule has 4 rings (SSSR count). The van der Waals surface area contributed by atoms with Gasteiger partial charge in [-0.3, -0.25) is 10.1 Å². The summed E-state index contributed by atoms with van der Waals surface area (Å²) in [6.45, 7) is 1.05. The van der Waals surface area contributed by atoms with E-state index < -0.39 is 11.3 Å². The van der Waals surface area contributed by atoms with Crippen molar-refractivity contribution in [3.05, 3.63) is 81.8 Å². The first kappa shape index (κ1) is 28.0. The fraction of sp³-hybridized carbons (Fsp3) is 0.385. The number of ether oxygens (including phenoxy) is 1. The number of nitrogens with one attached hydrogen (secondary N) is 3. The number of halogens is 4. The van der Waals surface area contributed by atoms with Crippen LogP contribution in [-0.2, 0) is 13.1 Å². The fourth-order valence-electron chi connectivity index (χ4n) is 4.45. The van der Waals surface area contributed by atoms with Gasteiger partial charge < -0.3 is 20.7 Å². The lowest BCUT2D eigenvalue weighted by molar-refractivity contribution is -0.384. The van der Waals surface area contributed by atoms with Gasteiger partial charge in [-0.25, -0.2) is 9.37 Å². The molecule has 0 saturated heterocycles. The molecule has 208 valence electrons. The van der Waals surface area contributed by atoms with Gasteiger partial charge >= 0.3 is 12.0 Å². The highest BCUT2D eigenvalue weighted by Crippen LogP contribution is 2.29. The van der Waals surface area contributed by atoms with Crippen LogP contribution in [0.3, 0.4) is 0 Å². The van der Waals surface area contributed by atoms with Crippen molar-refractivity contribution in [2.45, 2.75) is 51.2 Å². The second-order valence-electron chi connectivity index (χ2n) is 9.30. The van der Waals surface area contributed by atoms with Crippen molar-refractivity contribution in [1.82, 2.24) is 15.3 Å². The molecule has 0 spiro atoms. The topological polar surface area (TPSA) is 114 Å². The fourth-order valence-corrected chi connectivity index (χ4v) is 4.45. The van der Waals surface area contributed by atoms with Gasteiger partial charge in [0.05, 0.1) is 4.92 Å². The van der Waals surface area contributed by atoms with Crippen LogP contribution < -0.4 is 20.7 Å². The van der Waals surface area contributed by atoms with Crippen LogP contribution in [0.15, 0.2) is 54.7 Å². The van der Waals surface area contributed by atoms with E-state index in [-0.39, 0.29) is 47.0 Å². The van der Waals surface area contributed by atoms with Gasteiger partial charge in [0.2, 0.25) is 11.8 Å². The molecular weight excluding hydrogens is 520 g/mol. The molecule has 9 nitrogen and oxygen atoms in total. The highest BCUT2D eigenvalue weighted by Gasteiger charge is 2.32. The minimum Gasteiger partial charge on any atom is -0.405 e. The zero-order valence-electron chi connectivity index (χ0n) is 20.9. The molecule has 1 aliphatic carbocycles. The number of para-hydroxylation sites is 1. The number of nitrogens with zero attached hydrogens (tertiary/aromatic N) is 3. The zero-order chi connectivity index (χ0) is 27.8. The summed E-state index contributed by atoms with van der Waals surface area (Å²) in [7, 11) is 0. The number of hydrogen-bond acceptors (Lipinski definition) is 8. The first-order valence-corrected chi connectivity index (χ1v) is 12.5. The van der Waals surface area contributed by atoms with Crippen LogP contribution >= 0.6 is 0 Å². The van der Waals surface area contributed by atoms with Crippen molar-refractivity contribution in [1.29, 1.82) is 0 Å². The summed E-state index contributed by atoms with van der Waals surface area (Å²) in [5.74, 6) is -0.279. The molecule has 3 aromatic rings. The first-order valence-electron chi connectivity index (χ1n) is 12.5. The molecule has 13 heteroatoms. The standard InChI is InChI=1S/C26H28F4N6O3/c27-20-9-5-17(6-10-20)13-31-21-11-7-18(8-12-21)14-32-24-22(36(37)38)16-34-25(35-24)33-15-19-3-1-2-4-23(19)39-26(28,29)30/h1-6,9-10,16,18,21,31H,7-8,11-15H2,(H2,32,33,34,35). The third-order valence-electron chi connectivity index (χ3n) is 6.51. The Morgan fingerprint density at radius 2 is 1.72 bits per heavy atom. The number of nitro groups is 1. The Morgan fingerprint density at radius 1 is 1.00 bits per heavy atom. The smallest absolute Gasteiger partial charge is 0.405 e. The predicted octanol–water partition coefficient (Wildman–Crippen LogP) is 5.80. The van der Waals surface area contributed by atoms with Crippen molar-refractivity contribution in [3.8, 4) is 5.75 Å². The summed E-state index contributed by atoms with van der Waals surface area (Å²) in [6.07, 6.45) is -0.0831. The lowest BCUT2D eigenvalue weighted by Gasteiger charge is -2.29. The lowest BCUT2D eigenvalue weighted by atomic mass is 9.86. The van der Waals surface area contributed by atoms with Crippen molar-refractivity contribution in [2.75, 3.05) is 17.2 Å². The Hall–Kier alpha value is -4.00. The largest absolute Gasteiger partial charge is 0.573 e. The number of alkyl halides is 3. The van der Waals surface area contributed by atoms with E-state index in [0.29, 0.717) is 19.1 Å². The summed E-state index contributed by atoms with van der Waals surface area (Å²) in [5.41, 5.74) is 0.934. The van der Waals surface area contributed by atoms with Gasteiger partial charge in [-0.05, 0) is 55.4 Å². The Bertz CT molecular complexity index is 1250. The Kier molecular flexibility index (Phi) is 9.12. The molecule has 39 heavy (non-hydrogen) atoms. The third-order valence-corrected chi connectivity index (χ3v) is 6.51. The Labute approximate surface area is 222 Å². The maximum atomic E-state index is 13.1. The van der Waals surface area contributed by atoms with Gasteiger partial charge in [0, 0.05) is 31.2 Å². The van der Waals surface area contributed by atoms with E-state index in [9.17, 15) is 27.7 Å². The lowest BCUT2D eigenvalue weighted by Crippen LogP contribution is -2.34. The Morgan fingerprint density at radius 3 is 2.41 bits per heavy atom. The quantitative estimate of drug-likeness (QED) is 0.157. The van der Waals surface area contributed by atoms with Crippen LogP contribution in [0.25, 0.3) is 0 Å². The molecule has 0 amide bonds. The number of aromatic nitrogens is 2. The van der Waals surface area contributed by atoms with Crippen molar-refractivity contribution in [3.63, 3.8) is 0 Å². The van der Waals surface area contributed by atoms with Crippen molar-refractivity contribution < 1.29 is 27.2 Å². The number of hydrogen-bond donors (Lipinski definition) is 3. The SMILES string of the molecule is O=[N+]([O-])c1cnc(NCc2ccccc2OC(F)(F)F)nc1NCC1CCC(NCc2ccc(F)cc2)CC1. The molecule has 1 saturated carbocycles. The molecular formula is C26H28F4N6O3. The van der Waals surface area contributed by atoms with Gasteiger partial charge in [0.1, 0.15) is 17.8 Å². The van der Waals surface area contributed by atoms with E-state index in [0.717, 1.165) is 37.4 Å². The monoisotopic (exact) mass is 548 g/mol. The van der Waals surface area contributed by atoms with Gasteiger partial charge in [-0.15, -0.1) is 13.2 Å². The maximum Gasteiger partial charge on any atom is 0.573 e. The summed E-state index contributed by atoms with van der Waals surface area (Å²) >= 11 is 0. The molecule has 1 heterocycles. The average Bonchev–Trinajstić information content (AvgIpc) is 2.91. The van der Waals surface area contributed by atoms with Gasteiger partial charge in [0.25, 0.3) is 0 Å². The molecule has 1 aliphatic rings. The maximum absolute atomic E-state index is 13.1. The van der Waals surface area contributed by atoms with Crippen LogP contribution in [0.5, 0.6) is 5.75 Å². The van der Waals surface area contributed by atoms with E-state index in [1.807, 2.05) is 0 Å². The molecule has 2 aromatic carbocycles. The van der Waals surface area contributed by atoms with Crippen LogP contribution in [0.1, 0.15) is 36.8 Å². The van der Waals surface area contributed by atoms with E-state index in [4.69, 9.17) is 0 Å². The third kappa shape index (κ3) is 8.50. The van der Waals surface area contributed by atoms with E-state index >= 15 is 0 Å². The average molecular weight is 549 g/mol. The molecule has 0 bridgehead atoms. The van der Waals surface area contributed by atoms with E-state index in [1.165, 1.54) is 30.3 Å². The second-order valence-corrected chi connectivity index (χ2v) is 9.30. The van der Waals surface area contributed by atoms with Crippen LogP contribution in [-0.4, -0.2) is 33.8 Å². The number of benzene rings is 2. The van der Waals surface area contributed by atoms with Gasteiger partial charge in [-0.1, -0.05) is 30.3 Å². The summed E-state index contributed by atoms with van der Waals surface area (Å²) in [4.78, 5) is 19.1. The van der Waals surface area contributed by atoms with Crippen molar-refractivity contribution in [2.24, 2.45) is 5.92 Å². The molecule has 1 aromatic heterocycles. The molecule has 0 unspecified atom stereocenters. The molecule has 0 atom stereocenters. The van der Waals surface area contributed by atoms with Crippen molar-refractivity contribution >= 4 is 17.5 Å². The minimum atomic E-state index is -4.84. The van der Waals surface area contributed by atoms with Crippen LogP contribution in [0.4, 0.5) is 35.0 Å². The van der Waals surface area contributed by atoms with Crippen LogP contribution in [0.2, 0.25) is 0 Å². The molecule has 0 radical (unpaired) electrons. The number of rotatable bonds is 11. The highest BCUT2D eigenvalue weighted by molar-refractivity contribution is 5.57. The van der Waals surface area contributed by atoms with E-state index in [1.54, 1.807) is 18.2 Å². The van der Waals surface area contributed by atoms with Crippen LogP contribution in [0, 0.1) is 21.8 Å². The molecule has 0 aliphatic heterocycles. The highest BCUT2D eigenvalue weighted by atomic mass is 19.4. The van der Waals surface area contributed by atoms with Gasteiger partial charge in [0.15, 0.2) is 0 Å². The first-order chi connectivity index (χ1) is 18.7. The zero-order valence-corrected chi connectivity index (χ0v) is 20.9. The molecule has 1 fully saturated rings. The summed E-state index contributed by atoms with van der Waals surface area (Å²) in [6, 6.07) is 12.4. The summed E-state index contributed by atoms with van der Waals surface area (Å²) < 4.78 is 55.2. The molecule has 3 N–H and O–H groups in total. The normalized spacial score (nSPS) is 17.4. The Balaban J connectivity index is 1.30. The second kappa shape index (κ2) is 12.7.